The lowest BCUT2D eigenvalue weighted by Crippen LogP contribution is -2.31. The highest BCUT2D eigenvalue weighted by atomic mass is 35.5. The van der Waals surface area contributed by atoms with Gasteiger partial charge >= 0.3 is 6.09 Å². The van der Waals surface area contributed by atoms with Crippen LogP contribution in [-0.2, 0) is 4.74 Å². The molecule has 20 heavy (non-hydrogen) atoms. The van der Waals surface area contributed by atoms with Crippen molar-refractivity contribution in [3.05, 3.63) is 34.6 Å². The van der Waals surface area contributed by atoms with E-state index >= 15 is 0 Å². The highest BCUT2D eigenvalue weighted by Gasteiger charge is 2.21. The first-order valence-electron chi connectivity index (χ1n) is 6.23. The van der Waals surface area contributed by atoms with E-state index in [9.17, 15) is 14.0 Å². The van der Waals surface area contributed by atoms with Gasteiger partial charge in [0.15, 0.2) is 0 Å². The van der Waals surface area contributed by atoms with Crippen molar-refractivity contribution < 1.29 is 18.7 Å². The zero-order chi connectivity index (χ0) is 14.5. The minimum absolute atomic E-state index is 0.0746. The SMILES string of the molecule is O=C(NCCCN1CCOC1=O)c1c(F)cccc1Cl. The average Bonchev–Trinajstić information content (AvgIpc) is 2.80. The fourth-order valence-corrected chi connectivity index (χ4v) is 2.15. The minimum Gasteiger partial charge on any atom is -0.448 e. The van der Waals surface area contributed by atoms with E-state index in [0.29, 0.717) is 32.7 Å². The molecule has 0 saturated carbocycles. The van der Waals surface area contributed by atoms with Gasteiger partial charge in [-0.2, -0.15) is 0 Å². The Labute approximate surface area is 120 Å². The van der Waals surface area contributed by atoms with E-state index in [4.69, 9.17) is 16.3 Å². The molecular weight excluding hydrogens is 287 g/mol. The fourth-order valence-electron chi connectivity index (χ4n) is 1.90. The van der Waals surface area contributed by atoms with Gasteiger partial charge in [-0.3, -0.25) is 4.79 Å². The molecule has 0 aliphatic carbocycles. The highest BCUT2D eigenvalue weighted by Crippen LogP contribution is 2.18. The lowest BCUT2D eigenvalue weighted by Gasteiger charge is -2.12. The zero-order valence-electron chi connectivity index (χ0n) is 10.7. The van der Waals surface area contributed by atoms with Gasteiger partial charge < -0.3 is 15.0 Å². The summed E-state index contributed by atoms with van der Waals surface area (Å²) < 4.78 is 18.3. The van der Waals surface area contributed by atoms with E-state index in [1.54, 1.807) is 4.90 Å². The van der Waals surface area contributed by atoms with Gasteiger partial charge in [0, 0.05) is 13.1 Å². The van der Waals surface area contributed by atoms with Crippen molar-refractivity contribution in [2.75, 3.05) is 26.2 Å². The molecular formula is C13H14ClFN2O3. The van der Waals surface area contributed by atoms with Crippen molar-refractivity contribution in [3.8, 4) is 0 Å². The monoisotopic (exact) mass is 300 g/mol. The molecule has 1 aromatic rings. The summed E-state index contributed by atoms with van der Waals surface area (Å²) in [4.78, 5) is 24.5. The van der Waals surface area contributed by atoms with Crippen molar-refractivity contribution >= 4 is 23.6 Å². The zero-order valence-corrected chi connectivity index (χ0v) is 11.5. The molecule has 0 atom stereocenters. The van der Waals surface area contributed by atoms with Gasteiger partial charge in [-0.15, -0.1) is 0 Å². The molecule has 2 amide bonds. The van der Waals surface area contributed by atoms with Crippen LogP contribution in [0.1, 0.15) is 16.8 Å². The van der Waals surface area contributed by atoms with Gasteiger partial charge in [0.2, 0.25) is 0 Å². The number of nitrogens with zero attached hydrogens (tertiary/aromatic N) is 1. The molecule has 1 fully saturated rings. The second-order valence-electron chi connectivity index (χ2n) is 4.31. The third-order valence-corrected chi connectivity index (χ3v) is 3.24. The number of hydrogen-bond donors (Lipinski definition) is 1. The van der Waals surface area contributed by atoms with Crippen LogP contribution in [0.15, 0.2) is 18.2 Å². The first-order valence-corrected chi connectivity index (χ1v) is 6.61. The summed E-state index contributed by atoms with van der Waals surface area (Å²) >= 11 is 5.79. The molecule has 1 aliphatic heterocycles. The van der Waals surface area contributed by atoms with E-state index in [1.807, 2.05) is 0 Å². The smallest absolute Gasteiger partial charge is 0.409 e. The Morgan fingerprint density at radius 2 is 2.30 bits per heavy atom. The quantitative estimate of drug-likeness (QED) is 0.847. The summed E-state index contributed by atoms with van der Waals surface area (Å²) in [6.45, 7) is 1.78. The Morgan fingerprint density at radius 1 is 1.50 bits per heavy atom. The summed E-state index contributed by atoms with van der Waals surface area (Å²) in [6, 6.07) is 4.08. The Hall–Kier alpha value is -1.82. The summed E-state index contributed by atoms with van der Waals surface area (Å²) in [5, 5.41) is 2.65. The summed E-state index contributed by atoms with van der Waals surface area (Å²) in [6.07, 6.45) is 0.223. The van der Waals surface area contributed by atoms with Crippen LogP contribution in [0.4, 0.5) is 9.18 Å². The average molecular weight is 301 g/mol. The van der Waals surface area contributed by atoms with Crippen LogP contribution in [-0.4, -0.2) is 43.1 Å². The largest absolute Gasteiger partial charge is 0.448 e. The predicted molar refractivity (Wildman–Crippen MR) is 71.3 cm³/mol. The van der Waals surface area contributed by atoms with Gasteiger partial charge in [0.05, 0.1) is 17.1 Å². The van der Waals surface area contributed by atoms with Crippen LogP contribution in [0.3, 0.4) is 0 Å². The van der Waals surface area contributed by atoms with Gasteiger partial charge in [-0.25, -0.2) is 9.18 Å². The fraction of sp³-hybridized carbons (Fsp3) is 0.385. The molecule has 7 heteroatoms. The number of ether oxygens (including phenoxy) is 1. The molecule has 1 N–H and O–H groups in total. The van der Waals surface area contributed by atoms with Crippen molar-refractivity contribution in [2.45, 2.75) is 6.42 Å². The van der Waals surface area contributed by atoms with Crippen LogP contribution in [0, 0.1) is 5.82 Å². The molecule has 1 aliphatic rings. The van der Waals surface area contributed by atoms with E-state index in [1.165, 1.54) is 18.2 Å². The van der Waals surface area contributed by atoms with Crippen molar-refractivity contribution in [3.63, 3.8) is 0 Å². The number of carbonyl (C=O) groups excluding carboxylic acids is 2. The molecule has 0 spiro atoms. The summed E-state index contributed by atoms with van der Waals surface area (Å²) in [7, 11) is 0. The number of benzene rings is 1. The van der Waals surface area contributed by atoms with Gasteiger partial charge in [-0.05, 0) is 18.6 Å². The standard InChI is InChI=1S/C13H14ClFN2O3/c14-9-3-1-4-10(15)11(9)12(18)16-5-2-6-17-7-8-20-13(17)19/h1,3-4H,2,5-8H2,(H,16,18). The van der Waals surface area contributed by atoms with E-state index in [-0.39, 0.29) is 16.7 Å². The first kappa shape index (κ1) is 14.6. The molecule has 5 nitrogen and oxygen atoms in total. The second-order valence-corrected chi connectivity index (χ2v) is 4.71. The number of amides is 2. The highest BCUT2D eigenvalue weighted by molar-refractivity contribution is 6.33. The summed E-state index contributed by atoms with van der Waals surface area (Å²) in [5.74, 6) is -1.21. The van der Waals surface area contributed by atoms with Crippen LogP contribution >= 0.6 is 11.6 Å². The Bertz CT molecular complexity index is 504. The normalized spacial score (nSPS) is 14.3. The maximum atomic E-state index is 13.5. The molecule has 108 valence electrons. The third kappa shape index (κ3) is 3.39. The number of halogens is 2. The van der Waals surface area contributed by atoms with Crippen molar-refractivity contribution in [2.24, 2.45) is 0 Å². The van der Waals surface area contributed by atoms with E-state index in [0.717, 1.165) is 0 Å². The summed E-state index contributed by atoms with van der Waals surface area (Å²) in [5.41, 5.74) is -0.158. The van der Waals surface area contributed by atoms with Crippen molar-refractivity contribution in [1.29, 1.82) is 0 Å². The maximum Gasteiger partial charge on any atom is 0.409 e. The van der Waals surface area contributed by atoms with Crippen LogP contribution in [0.25, 0.3) is 0 Å². The number of carbonyl (C=O) groups is 2. The lowest BCUT2D eigenvalue weighted by atomic mass is 10.2. The van der Waals surface area contributed by atoms with Gasteiger partial charge in [-0.1, -0.05) is 17.7 Å². The number of nitrogens with one attached hydrogen (secondary N) is 1. The first-order chi connectivity index (χ1) is 9.59. The molecule has 1 aromatic carbocycles. The van der Waals surface area contributed by atoms with Crippen LogP contribution < -0.4 is 5.32 Å². The number of hydrogen-bond acceptors (Lipinski definition) is 3. The number of cyclic esters (lactones) is 1. The van der Waals surface area contributed by atoms with Crippen LogP contribution in [0.2, 0.25) is 5.02 Å². The van der Waals surface area contributed by atoms with E-state index in [2.05, 4.69) is 5.32 Å². The van der Waals surface area contributed by atoms with Gasteiger partial charge in [0.25, 0.3) is 5.91 Å². The lowest BCUT2D eigenvalue weighted by molar-refractivity contribution is 0.0948. The van der Waals surface area contributed by atoms with Gasteiger partial charge in [0.1, 0.15) is 12.4 Å². The Balaban J connectivity index is 1.79. The van der Waals surface area contributed by atoms with E-state index < -0.39 is 11.7 Å². The third-order valence-electron chi connectivity index (χ3n) is 2.93. The molecule has 0 aromatic heterocycles. The minimum atomic E-state index is -0.655. The Kier molecular flexibility index (Phi) is 4.79. The molecule has 2 rings (SSSR count). The van der Waals surface area contributed by atoms with Crippen molar-refractivity contribution in [1.82, 2.24) is 10.2 Å². The van der Waals surface area contributed by atoms with Crippen LogP contribution in [0.5, 0.6) is 0 Å². The topological polar surface area (TPSA) is 58.6 Å². The molecule has 1 heterocycles. The Morgan fingerprint density at radius 3 is 2.95 bits per heavy atom. The second kappa shape index (κ2) is 6.56. The molecule has 0 radical (unpaired) electrons. The number of rotatable bonds is 5. The molecule has 1 saturated heterocycles. The molecule has 0 bridgehead atoms. The predicted octanol–water partition coefficient (Wildman–Crippen LogP) is 2.05. The molecule has 0 unspecified atom stereocenters. The maximum absolute atomic E-state index is 13.5.